The molecule has 16 heavy (non-hydrogen) atoms. The van der Waals surface area contributed by atoms with Gasteiger partial charge in [-0.3, -0.25) is 4.98 Å². The van der Waals surface area contributed by atoms with E-state index in [9.17, 15) is 4.39 Å². The van der Waals surface area contributed by atoms with E-state index in [0.717, 1.165) is 11.3 Å². The Bertz CT molecular complexity index is 468. The second-order valence-corrected chi connectivity index (χ2v) is 3.53. The molecular weight excluding hydrogens is 205 g/mol. The van der Waals surface area contributed by atoms with E-state index in [0.29, 0.717) is 12.2 Å². The highest BCUT2D eigenvalue weighted by atomic mass is 19.1. The Balaban J connectivity index is 1.99. The number of nitrogens with zero attached hydrogens (tertiary/aromatic N) is 2. The third-order valence-electron chi connectivity index (χ3n) is 2.20. The molecule has 1 N–H and O–H groups in total. The Labute approximate surface area is 93.4 Å². The molecule has 0 bridgehead atoms. The van der Waals surface area contributed by atoms with Crippen LogP contribution in [0.2, 0.25) is 0 Å². The number of hydrogen-bond acceptors (Lipinski definition) is 3. The number of halogens is 1. The summed E-state index contributed by atoms with van der Waals surface area (Å²) < 4.78 is 12.8. The molecule has 0 aliphatic carbocycles. The van der Waals surface area contributed by atoms with E-state index in [1.54, 1.807) is 12.3 Å². The molecule has 0 saturated carbocycles. The lowest BCUT2D eigenvalue weighted by Gasteiger charge is -2.05. The molecule has 2 aromatic rings. The number of nitrogens with one attached hydrogen (secondary N) is 1. The van der Waals surface area contributed by atoms with Crippen molar-refractivity contribution in [1.29, 1.82) is 0 Å². The van der Waals surface area contributed by atoms with Crippen molar-refractivity contribution >= 4 is 5.69 Å². The number of rotatable bonds is 3. The van der Waals surface area contributed by atoms with Crippen LogP contribution in [0.3, 0.4) is 0 Å². The quantitative estimate of drug-likeness (QED) is 0.803. The van der Waals surface area contributed by atoms with Gasteiger partial charge in [0, 0.05) is 36.4 Å². The first-order valence-corrected chi connectivity index (χ1v) is 5.01. The first kappa shape index (κ1) is 10.5. The van der Waals surface area contributed by atoms with Crippen LogP contribution >= 0.6 is 0 Å². The summed E-state index contributed by atoms with van der Waals surface area (Å²) in [6.45, 7) is 2.56. The van der Waals surface area contributed by atoms with Crippen LogP contribution in [0.25, 0.3) is 0 Å². The van der Waals surface area contributed by atoms with Crippen LogP contribution in [0.15, 0.2) is 36.7 Å². The fraction of sp³-hybridized carbons (Fsp3) is 0.167. The van der Waals surface area contributed by atoms with Crippen molar-refractivity contribution in [3.8, 4) is 0 Å². The fourth-order valence-electron chi connectivity index (χ4n) is 1.32. The highest BCUT2D eigenvalue weighted by molar-refractivity contribution is 5.41. The van der Waals surface area contributed by atoms with Crippen molar-refractivity contribution in [3.63, 3.8) is 0 Å². The largest absolute Gasteiger partial charge is 0.381 e. The van der Waals surface area contributed by atoms with Crippen molar-refractivity contribution in [1.82, 2.24) is 9.97 Å². The lowest BCUT2D eigenvalue weighted by Crippen LogP contribution is -2.00. The lowest BCUT2D eigenvalue weighted by atomic mass is 10.2. The van der Waals surface area contributed by atoms with Gasteiger partial charge in [0.1, 0.15) is 0 Å². The highest BCUT2D eigenvalue weighted by Crippen LogP contribution is 2.09. The van der Waals surface area contributed by atoms with Gasteiger partial charge in [0.2, 0.25) is 5.95 Å². The van der Waals surface area contributed by atoms with Gasteiger partial charge in [0.15, 0.2) is 0 Å². The van der Waals surface area contributed by atoms with Crippen molar-refractivity contribution < 1.29 is 4.39 Å². The molecule has 0 saturated heterocycles. The summed E-state index contributed by atoms with van der Waals surface area (Å²) in [6, 6.07) is 7.03. The predicted octanol–water partition coefficient (Wildman–Crippen LogP) is 2.54. The molecular formula is C12H12FN3. The standard InChI is InChI=1S/C12H12FN3/c1-9-2-3-10(7-15-9)8-16-11-4-5-14-12(13)6-11/h2-7H,8H2,1H3,(H,14,16). The number of aromatic nitrogens is 2. The van der Waals surface area contributed by atoms with Gasteiger partial charge in [-0.25, -0.2) is 4.98 Å². The van der Waals surface area contributed by atoms with Gasteiger partial charge in [-0.2, -0.15) is 4.39 Å². The minimum absolute atomic E-state index is 0.480. The molecule has 0 radical (unpaired) electrons. The predicted molar refractivity (Wildman–Crippen MR) is 60.5 cm³/mol. The zero-order chi connectivity index (χ0) is 11.4. The number of aryl methyl sites for hydroxylation is 1. The van der Waals surface area contributed by atoms with Gasteiger partial charge in [-0.1, -0.05) is 6.07 Å². The van der Waals surface area contributed by atoms with Crippen LogP contribution in [0.1, 0.15) is 11.3 Å². The Hall–Kier alpha value is -1.97. The summed E-state index contributed by atoms with van der Waals surface area (Å²) >= 11 is 0. The maximum absolute atomic E-state index is 12.8. The second kappa shape index (κ2) is 4.70. The molecule has 2 aromatic heterocycles. The first-order valence-electron chi connectivity index (χ1n) is 5.01. The van der Waals surface area contributed by atoms with Crippen molar-refractivity contribution in [2.24, 2.45) is 0 Å². The Morgan fingerprint density at radius 2 is 2.12 bits per heavy atom. The second-order valence-electron chi connectivity index (χ2n) is 3.53. The SMILES string of the molecule is Cc1ccc(CNc2ccnc(F)c2)cn1. The van der Waals surface area contributed by atoms with Crippen molar-refractivity contribution in [2.75, 3.05) is 5.32 Å². The molecule has 0 amide bonds. The highest BCUT2D eigenvalue weighted by Gasteiger charge is 1.96. The van der Waals surface area contributed by atoms with Crippen LogP contribution < -0.4 is 5.32 Å². The molecule has 4 heteroatoms. The molecule has 0 spiro atoms. The van der Waals surface area contributed by atoms with Crippen LogP contribution in [0.5, 0.6) is 0 Å². The molecule has 2 rings (SSSR count). The van der Waals surface area contributed by atoms with Crippen LogP contribution in [0, 0.1) is 12.9 Å². The third kappa shape index (κ3) is 2.76. The number of hydrogen-bond donors (Lipinski definition) is 1. The van der Waals surface area contributed by atoms with E-state index in [1.807, 2.05) is 19.1 Å². The number of anilines is 1. The average molecular weight is 217 g/mol. The van der Waals surface area contributed by atoms with E-state index in [4.69, 9.17) is 0 Å². The molecule has 0 unspecified atom stereocenters. The van der Waals surface area contributed by atoms with E-state index in [-0.39, 0.29) is 0 Å². The maximum Gasteiger partial charge on any atom is 0.214 e. The van der Waals surface area contributed by atoms with Gasteiger partial charge >= 0.3 is 0 Å². The van der Waals surface area contributed by atoms with Gasteiger partial charge in [0.05, 0.1) is 0 Å². The minimum atomic E-state index is -0.480. The minimum Gasteiger partial charge on any atom is -0.381 e. The van der Waals surface area contributed by atoms with Crippen LogP contribution in [-0.2, 0) is 6.54 Å². The zero-order valence-electron chi connectivity index (χ0n) is 8.94. The van der Waals surface area contributed by atoms with Crippen molar-refractivity contribution in [2.45, 2.75) is 13.5 Å². The molecule has 3 nitrogen and oxygen atoms in total. The smallest absolute Gasteiger partial charge is 0.214 e. The Morgan fingerprint density at radius 3 is 2.81 bits per heavy atom. The third-order valence-corrected chi connectivity index (χ3v) is 2.20. The monoisotopic (exact) mass is 217 g/mol. The van der Waals surface area contributed by atoms with Gasteiger partial charge in [0.25, 0.3) is 0 Å². The van der Waals surface area contributed by atoms with Crippen molar-refractivity contribution in [3.05, 3.63) is 53.9 Å². The fourth-order valence-corrected chi connectivity index (χ4v) is 1.32. The molecule has 0 atom stereocenters. The molecule has 82 valence electrons. The van der Waals surface area contributed by atoms with E-state index < -0.39 is 5.95 Å². The molecule has 0 aliphatic rings. The van der Waals surface area contributed by atoms with E-state index in [1.165, 1.54) is 12.3 Å². The summed E-state index contributed by atoms with van der Waals surface area (Å²) in [5.41, 5.74) is 2.76. The average Bonchev–Trinajstić information content (AvgIpc) is 2.28. The molecule has 0 fully saturated rings. The Kier molecular flexibility index (Phi) is 3.10. The maximum atomic E-state index is 12.8. The van der Waals surface area contributed by atoms with Gasteiger partial charge < -0.3 is 5.32 Å². The van der Waals surface area contributed by atoms with Crippen LogP contribution in [0.4, 0.5) is 10.1 Å². The van der Waals surface area contributed by atoms with Gasteiger partial charge in [-0.15, -0.1) is 0 Å². The first-order chi connectivity index (χ1) is 7.74. The molecule has 2 heterocycles. The van der Waals surface area contributed by atoms with E-state index >= 15 is 0 Å². The molecule has 0 aromatic carbocycles. The summed E-state index contributed by atoms with van der Waals surface area (Å²) in [6.07, 6.45) is 3.24. The number of pyridine rings is 2. The lowest BCUT2D eigenvalue weighted by molar-refractivity contribution is 0.584. The van der Waals surface area contributed by atoms with E-state index in [2.05, 4.69) is 15.3 Å². The zero-order valence-corrected chi connectivity index (χ0v) is 8.94. The van der Waals surface area contributed by atoms with Gasteiger partial charge in [-0.05, 0) is 24.6 Å². The summed E-state index contributed by atoms with van der Waals surface area (Å²) in [7, 11) is 0. The molecule has 0 aliphatic heterocycles. The Morgan fingerprint density at radius 1 is 1.25 bits per heavy atom. The normalized spacial score (nSPS) is 10.1. The summed E-state index contributed by atoms with van der Waals surface area (Å²) in [5.74, 6) is -0.480. The topological polar surface area (TPSA) is 37.8 Å². The summed E-state index contributed by atoms with van der Waals surface area (Å²) in [5, 5.41) is 3.10. The van der Waals surface area contributed by atoms with Crippen LogP contribution in [-0.4, -0.2) is 9.97 Å². The summed E-state index contributed by atoms with van der Waals surface area (Å²) in [4.78, 5) is 7.67.